The van der Waals surface area contributed by atoms with E-state index in [2.05, 4.69) is 5.32 Å². The SMILES string of the molecule is COc1ccc([C@@H](CS(C)(=O)=O)N2C(=O)c3cccc(NC(C)=O)c3C2=O)cc1O. The van der Waals surface area contributed by atoms with Gasteiger partial charge in [0.25, 0.3) is 11.8 Å². The standard InChI is InChI=1S/C20H20N2O7S/c1-11(23)21-14-6-4-5-13-18(14)20(26)22(19(13)25)15(10-30(3,27)28)12-7-8-17(29-2)16(24)9-12/h4-9,15,24H,10H2,1-3H3,(H,21,23)/t15-/m1/s1. The molecule has 0 fully saturated rings. The van der Waals surface area contributed by atoms with Crippen LogP contribution in [0.25, 0.3) is 0 Å². The Morgan fingerprint density at radius 3 is 2.47 bits per heavy atom. The summed E-state index contributed by atoms with van der Waals surface area (Å²) in [4.78, 5) is 38.6. The number of anilines is 1. The maximum atomic E-state index is 13.2. The fourth-order valence-electron chi connectivity index (χ4n) is 3.40. The third-order valence-corrected chi connectivity index (χ3v) is 5.54. The monoisotopic (exact) mass is 432 g/mol. The molecule has 158 valence electrons. The Balaban J connectivity index is 2.12. The number of nitrogens with one attached hydrogen (secondary N) is 1. The molecule has 0 aromatic heterocycles. The second-order valence-corrected chi connectivity index (χ2v) is 9.11. The first kappa shape index (κ1) is 21.3. The fraction of sp³-hybridized carbons (Fsp3) is 0.250. The molecular weight excluding hydrogens is 412 g/mol. The van der Waals surface area contributed by atoms with Gasteiger partial charge in [0.15, 0.2) is 11.5 Å². The van der Waals surface area contributed by atoms with E-state index < -0.39 is 39.4 Å². The number of nitrogens with zero attached hydrogens (tertiary/aromatic N) is 1. The van der Waals surface area contributed by atoms with Gasteiger partial charge in [-0.15, -0.1) is 0 Å². The summed E-state index contributed by atoms with van der Waals surface area (Å²) < 4.78 is 29.2. The molecule has 10 heteroatoms. The number of fused-ring (bicyclic) bond motifs is 1. The van der Waals surface area contributed by atoms with Gasteiger partial charge in [-0.05, 0) is 29.8 Å². The van der Waals surface area contributed by atoms with E-state index in [1.54, 1.807) is 0 Å². The average molecular weight is 432 g/mol. The van der Waals surface area contributed by atoms with Crippen molar-refractivity contribution in [2.24, 2.45) is 0 Å². The predicted octanol–water partition coefficient (Wildman–Crippen LogP) is 1.74. The van der Waals surface area contributed by atoms with Gasteiger partial charge in [0, 0.05) is 13.2 Å². The number of sulfone groups is 1. The van der Waals surface area contributed by atoms with Gasteiger partial charge in [0.2, 0.25) is 5.91 Å². The third kappa shape index (κ3) is 3.99. The van der Waals surface area contributed by atoms with Crippen molar-refractivity contribution in [2.75, 3.05) is 24.4 Å². The van der Waals surface area contributed by atoms with Gasteiger partial charge in [-0.3, -0.25) is 19.3 Å². The summed E-state index contributed by atoms with van der Waals surface area (Å²) in [5, 5.41) is 12.6. The van der Waals surface area contributed by atoms with E-state index >= 15 is 0 Å². The first-order valence-corrected chi connectivity index (χ1v) is 10.9. The molecule has 0 unspecified atom stereocenters. The highest BCUT2D eigenvalue weighted by Crippen LogP contribution is 2.38. The number of phenols is 1. The highest BCUT2D eigenvalue weighted by molar-refractivity contribution is 7.90. The van der Waals surface area contributed by atoms with Crippen LogP contribution in [0.5, 0.6) is 11.5 Å². The number of hydrogen-bond donors (Lipinski definition) is 2. The summed E-state index contributed by atoms with van der Waals surface area (Å²) in [6.07, 6.45) is 0.990. The van der Waals surface area contributed by atoms with Crippen LogP contribution < -0.4 is 10.1 Å². The number of phenolic OH excluding ortho intramolecular Hbond substituents is 1. The number of methoxy groups -OCH3 is 1. The van der Waals surface area contributed by atoms with Crippen LogP contribution in [0.4, 0.5) is 5.69 Å². The minimum absolute atomic E-state index is 0.00562. The van der Waals surface area contributed by atoms with Crippen molar-refractivity contribution in [3.63, 3.8) is 0 Å². The van der Waals surface area contributed by atoms with Gasteiger partial charge < -0.3 is 15.2 Å². The van der Waals surface area contributed by atoms with Crippen molar-refractivity contribution in [1.82, 2.24) is 4.90 Å². The van der Waals surface area contributed by atoms with Gasteiger partial charge in [0.1, 0.15) is 9.84 Å². The smallest absolute Gasteiger partial charge is 0.264 e. The summed E-state index contributed by atoms with van der Waals surface area (Å²) in [7, 11) is -2.27. The zero-order valence-corrected chi connectivity index (χ0v) is 17.3. The minimum atomic E-state index is -3.63. The summed E-state index contributed by atoms with van der Waals surface area (Å²) in [6, 6.07) is 7.41. The lowest BCUT2D eigenvalue weighted by Crippen LogP contribution is -2.37. The number of imide groups is 1. The van der Waals surface area contributed by atoms with E-state index in [1.807, 2.05) is 0 Å². The Hall–Kier alpha value is -3.40. The number of carbonyl (C=O) groups excluding carboxylic acids is 3. The Morgan fingerprint density at radius 2 is 1.90 bits per heavy atom. The number of carbonyl (C=O) groups is 3. The molecule has 0 radical (unpaired) electrons. The van der Waals surface area contributed by atoms with E-state index in [4.69, 9.17) is 4.74 Å². The first-order valence-electron chi connectivity index (χ1n) is 8.86. The molecule has 1 heterocycles. The lowest BCUT2D eigenvalue weighted by molar-refractivity contribution is -0.114. The molecule has 1 aliphatic rings. The van der Waals surface area contributed by atoms with Crippen molar-refractivity contribution in [1.29, 1.82) is 0 Å². The number of benzene rings is 2. The number of ether oxygens (including phenoxy) is 1. The number of hydrogen-bond acceptors (Lipinski definition) is 7. The molecule has 0 saturated heterocycles. The molecule has 3 rings (SSSR count). The topological polar surface area (TPSA) is 130 Å². The Morgan fingerprint density at radius 1 is 1.20 bits per heavy atom. The van der Waals surface area contributed by atoms with Crippen LogP contribution >= 0.6 is 0 Å². The molecule has 0 aliphatic carbocycles. The molecule has 9 nitrogen and oxygen atoms in total. The summed E-state index contributed by atoms with van der Waals surface area (Å²) in [5.41, 5.74) is 0.460. The largest absolute Gasteiger partial charge is 0.504 e. The Bertz CT molecular complexity index is 1160. The highest BCUT2D eigenvalue weighted by Gasteiger charge is 2.43. The second-order valence-electron chi connectivity index (χ2n) is 6.93. The Labute approximate surface area is 173 Å². The van der Waals surface area contributed by atoms with Crippen LogP contribution in [0.1, 0.15) is 39.2 Å². The van der Waals surface area contributed by atoms with Crippen LogP contribution in [-0.2, 0) is 14.6 Å². The van der Waals surface area contributed by atoms with Gasteiger partial charge in [-0.1, -0.05) is 12.1 Å². The number of rotatable bonds is 6. The van der Waals surface area contributed by atoms with E-state index in [-0.39, 0.29) is 33.9 Å². The lowest BCUT2D eigenvalue weighted by Gasteiger charge is -2.26. The molecule has 1 aliphatic heterocycles. The van der Waals surface area contributed by atoms with Gasteiger partial charge in [0.05, 0.1) is 35.7 Å². The molecule has 0 spiro atoms. The van der Waals surface area contributed by atoms with Crippen LogP contribution in [0.15, 0.2) is 36.4 Å². The maximum absolute atomic E-state index is 13.2. The van der Waals surface area contributed by atoms with Crippen LogP contribution in [0, 0.1) is 0 Å². The van der Waals surface area contributed by atoms with Gasteiger partial charge >= 0.3 is 0 Å². The van der Waals surface area contributed by atoms with E-state index in [1.165, 1.54) is 50.4 Å². The molecule has 30 heavy (non-hydrogen) atoms. The fourth-order valence-corrected chi connectivity index (χ4v) is 4.32. The molecule has 2 aromatic carbocycles. The molecule has 2 aromatic rings. The summed E-state index contributed by atoms with van der Waals surface area (Å²) >= 11 is 0. The van der Waals surface area contributed by atoms with Gasteiger partial charge in [-0.25, -0.2) is 8.42 Å². The second kappa shape index (κ2) is 7.79. The summed E-state index contributed by atoms with van der Waals surface area (Å²) in [6.45, 7) is 1.27. The van der Waals surface area contributed by atoms with Crippen LogP contribution in [-0.4, -0.2) is 55.3 Å². The number of amides is 3. The van der Waals surface area contributed by atoms with Crippen molar-refractivity contribution in [2.45, 2.75) is 13.0 Å². The Kier molecular flexibility index (Phi) is 5.53. The number of aromatic hydroxyl groups is 1. The zero-order chi connectivity index (χ0) is 22.2. The third-order valence-electron chi connectivity index (χ3n) is 4.62. The normalized spacial score (nSPS) is 14.4. The molecule has 3 amide bonds. The van der Waals surface area contributed by atoms with E-state index in [0.717, 1.165) is 11.2 Å². The van der Waals surface area contributed by atoms with E-state index in [9.17, 15) is 27.9 Å². The summed E-state index contributed by atoms with van der Waals surface area (Å²) in [5.74, 6) is -2.49. The van der Waals surface area contributed by atoms with E-state index in [0.29, 0.717) is 0 Å². The average Bonchev–Trinajstić information content (AvgIpc) is 2.90. The quantitative estimate of drug-likeness (QED) is 0.665. The van der Waals surface area contributed by atoms with Gasteiger partial charge in [-0.2, -0.15) is 0 Å². The van der Waals surface area contributed by atoms with Crippen molar-refractivity contribution >= 4 is 33.2 Å². The van der Waals surface area contributed by atoms with Crippen LogP contribution in [0.3, 0.4) is 0 Å². The highest BCUT2D eigenvalue weighted by atomic mass is 32.2. The maximum Gasteiger partial charge on any atom is 0.264 e. The molecule has 0 saturated carbocycles. The molecule has 2 N–H and O–H groups in total. The van der Waals surface area contributed by atoms with Crippen molar-refractivity contribution in [3.8, 4) is 11.5 Å². The van der Waals surface area contributed by atoms with Crippen molar-refractivity contribution in [3.05, 3.63) is 53.1 Å². The van der Waals surface area contributed by atoms with Crippen molar-refractivity contribution < 1.29 is 32.6 Å². The lowest BCUT2D eigenvalue weighted by atomic mass is 10.1. The molecule has 1 atom stereocenters. The predicted molar refractivity (Wildman–Crippen MR) is 108 cm³/mol. The minimum Gasteiger partial charge on any atom is -0.504 e. The zero-order valence-electron chi connectivity index (χ0n) is 16.5. The molecule has 0 bridgehead atoms. The first-order chi connectivity index (χ1) is 14.0. The van der Waals surface area contributed by atoms with Crippen LogP contribution in [0.2, 0.25) is 0 Å². The molecular formula is C20H20N2O7S.